The third-order valence-electron chi connectivity index (χ3n) is 1.94. The predicted octanol–water partition coefficient (Wildman–Crippen LogP) is -0.370. The van der Waals surface area contributed by atoms with E-state index < -0.39 is 22.1 Å². The van der Waals surface area contributed by atoms with Gasteiger partial charge in [0.2, 0.25) is 10.0 Å². The number of sulfonamides is 1. The number of carbonyl (C=O) groups is 1. The highest BCUT2D eigenvalue weighted by Gasteiger charge is 2.15. The van der Waals surface area contributed by atoms with E-state index in [0.717, 1.165) is 6.42 Å². The van der Waals surface area contributed by atoms with Gasteiger partial charge < -0.3 is 9.84 Å². The lowest BCUT2D eigenvalue weighted by Gasteiger charge is -2.10. The molecule has 0 aliphatic carbocycles. The molecule has 6 nitrogen and oxygen atoms in total. The summed E-state index contributed by atoms with van der Waals surface area (Å²) in [6.45, 7) is 1.72. The van der Waals surface area contributed by atoms with Gasteiger partial charge in [-0.3, -0.25) is 4.79 Å². The third-order valence-corrected chi connectivity index (χ3v) is 3.37. The molecular weight excluding hydrogens is 234 g/mol. The Balaban J connectivity index is 3.90. The molecule has 0 amide bonds. The minimum Gasteiger partial charge on any atom is -0.469 e. The molecule has 7 heteroatoms. The molecule has 0 aromatic heterocycles. The molecule has 0 bridgehead atoms. The fourth-order valence-corrected chi connectivity index (χ4v) is 2.24. The lowest BCUT2D eigenvalue weighted by atomic mass is 10.2. The summed E-state index contributed by atoms with van der Waals surface area (Å²) in [5.41, 5.74) is 0. The number of aliphatic hydroxyl groups is 1. The van der Waals surface area contributed by atoms with E-state index in [-0.39, 0.29) is 18.7 Å². The molecule has 2 N–H and O–H groups in total. The molecule has 96 valence electrons. The van der Waals surface area contributed by atoms with Gasteiger partial charge in [0.25, 0.3) is 0 Å². The van der Waals surface area contributed by atoms with Crippen molar-refractivity contribution in [2.24, 2.45) is 0 Å². The standard InChI is InChI=1S/C9H19NO5S/c1-3-4-5-16(13,14)10-7-8(11)6-9(12)15-2/h8,10-11H,3-7H2,1-2H3/t8-/m1/s1. The van der Waals surface area contributed by atoms with E-state index in [9.17, 15) is 18.3 Å². The zero-order valence-electron chi connectivity index (χ0n) is 9.60. The highest BCUT2D eigenvalue weighted by Crippen LogP contribution is 1.96. The van der Waals surface area contributed by atoms with Crippen LogP contribution in [-0.4, -0.2) is 45.0 Å². The van der Waals surface area contributed by atoms with E-state index >= 15 is 0 Å². The van der Waals surface area contributed by atoms with Crippen LogP contribution in [0.5, 0.6) is 0 Å². The molecule has 0 fully saturated rings. The van der Waals surface area contributed by atoms with Crippen LogP contribution in [0.25, 0.3) is 0 Å². The summed E-state index contributed by atoms with van der Waals surface area (Å²) < 4.78 is 29.2. The Kier molecular flexibility index (Phi) is 7.27. The van der Waals surface area contributed by atoms with Crippen molar-refractivity contribution in [3.63, 3.8) is 0 Å². The SMILES string of the molecule is CCCCS(=O)(=O)NC[C@H](O)CC(=O)OC. The number of nitrogens with one attached hydrogen (secondary N) is 1. The molecule has 0 rings (SSSR count). The smallest absolute Gasteiger partial charge is 0.308 e. The van der Waals surface area contributed by atoms with Crippen LogP contribution >= 0.6 is 0 Å². The summed E-state index contributed by atoms with van der Waals surface area (Å²) in [4.78, 5) is 10.8. The first-order chi connectivity index (χ1) is 7.41. The van der Waals surface area contributed by atoms with Crippen molar-refractivity contribution in [2.75, 3.05) is 19.4 Å². The lowest BCUT2D eigenvalue weighted by Crippen LogP contribution is -2.34. The monoisotopic (exact) mass is 253 g/mol. The zero-order valence-corrected chi connectivity index (χ0v) is 10.4. The molecule has 0 unspecified atom stereocenters. The first-order valence-corrected chi connectivity index (χ1v) is 6.78. The fourth-order valence-electron chi connectivity index (χ4n) is 0.978. The number of methoxy groups -OCH3 is 1. The van der Waals surface area contributed by atoms with Gasteiger partial charge in [-0.2, -0.15) is 0 Å². The minimum absolute atomic E-state index is 0.0362. The largest absolute Gasteiger partial charge is 0.469 e. The summed E-state index contributed by atoms with van der Waals surface area (Å²) in [7, 11) is -2.13. The molecule has 0 aliphatic rings. The number of hydrogen-bond donors (Lipinski definition) is 2. The fraction of sp³-hybridized carbons (Fsp3) is 0.889. The van der Waals surface area contributed by atoms with Gasteiger partial charge in [-0.25, -0.2) is 13.1 Å². The molecular formula is C9H19NO5S. The van der Waals surface area contributed by atoms with E-state index in [4.69, 9.17) is 0 Å². The van der Waals surface area contributed by atoms with Crippen molar-refractivity contribution in [1.29, 1.82) is 0 Å². The van der Waals surface area contributed by atoms with Crippen LogP contribution in [0.1, 0.15) is 26.2 Å². The molecule has 0 radical (unpaired) electrons. The second-order valence-corrected chi connectivity index (χ2v) is 5.38. The van der Waals surface area contributed by atoms with Gasteiger partial charge in [0.05, 0.1) is 25.4 Å². The van der Waals surface area contributed by atoms with Crippen molar-refractivity contribution < 1.29 is 23.1 Å². The van der Waals surface area contributed by atoms with E-state index in [0.29, 0.717) is 6.42 Å². The summed E-state index contributed by atoms with van der Waals surface area (Å²) in [6, 6.07) is 0. The van der Waals surface area contributed by atoms with Gasteiger partial charge in [0.1, 0.15) is 0 Å². The summed E-state index contributed by atoms with van der Waals surface area (Å²) in [6.07, 6.45) is 0.0877. The third kappa shape index (κ3) is 7.61. The molecule has 0 saturated heterocycles. The first kappa shape index (κ1) is 15.3. The zero-order chi connectivity index (χ0) is 12.6. The van der Waals surface area contributed by atoms with Crippen LogP contribution in [0.3, 0.4) is 0 Å². The van der Waals surface area contributed by atoms with Gasteiger partial charge in [-0.1, -0.05) is 13.3 Å². The lowest BCUT2D eigenvalue weighted by molar-refractivity contribution is -0.142. The summed E-state index contributed by atoms with van der Waals surface area (Å²) in [5, 5.41) is 9.31. The minimum atomic E-state index is -3.34. The van der Waals surface area contributed by atoms with E-state index in [1.807, 2.05) is 6.92 Å². The van der Waals surface area contributed by atoms with Gasteiger partial charge >= 0.3 is 5.97 Å². The summed E-state index contributed by atoms with van der Waals surface area (Å²) >= 11 is 0. The van der Waals surface area contributed by atoms with Crippen molar-refractivity contribution >= 4 is 16.0 Å². The van der Waals surface area contributed by atoms with Gasteiger partial charge in [0, 0.05) is 6.54 Å². The Morgan fingerprint density at radius 2 is 2.12 bits per heavy atom. The van der Waals surface area contributed by atoms with Crippen molar-refractivity contribution in [2.45, 2.75) is 32.3 Å². The maximum absolute atomic E-state index is 11.3. The molecule has 0 spiro atoms. The van der Waals surface area contributed by atoms with Crippen LogP contribution < -0.4 is 4.72 Å². The van der Waals surface area contributed by atoms with Crippen LogP contribution in [0.4, 0.5) is 0 Å². The normalized spacial score (nSPS) is 13.4. The number of esters is 1. The number of unbranched alkanes of at least 4 members (excludes halogenated alkanes) is 1. The van der Waals surface area contributed by atoms with Crippen LogP contribution in [0.2, 0.25) is 0 Å². The van der Waals surface area contributed by atoms with Gasteiger partial charge in [-0.05, 0) is 6.42 Å². The maximum Gasteiger partial charge on any atom is 0.308 e. The molecule has 16 heavy (non-hydrogen) atoms. The Labute approximate surface area is 96.0 Å². The first-order valence-electron chi connectivity index (χ1n) is 5.13. The van der Waals surface area contributed by atoms with Crippen LogP contribution in [-0.2, 0) is 19.6 Å². The number of rotatable bonds is 8. The Morgan fingerprint density at radius 1 is 1.50 bits per heavy atom. The molecule has 0 aliphatic heterocycles. The van der Waals surface area contributed by atoms with Gasteiger partial charge in [0.15, 0.2) is 0 Å². The highest BCUT2D eigenvalue weighted by atomic mass is 32.2. The predicted molar refractivity (Wildman–Crippen MR) is 59.3 cm³/mol. The number of ether oxygens (including phenoxy) is 1. The van der Waals surface area contributed by atoms with E-state index in [2.05, 4.69) is 9.46 Å². The molecule has 0 aromatic carbocycles. The number of hydrogen-bond acceptors (Lipinski definition) is 5. The second kappa shape index (κ2) is 7.59. The number of carbonyl (C=O) groups excluding carboxylic acids is 1. The maximum atomic E-state index is 11.3. The average molecular weight is 253 g/mol. The molecule has 0 saturated carbocycles. The Morgan fingerprint density at radius 3 is 2.62 bits per heavy atom. The number of aliphatic hydroxyl groups excluding tert-OH is 1. The van der Waals surface area contributed by atoms with Crippen molar-refractivity contribution in [3.05, 3.63) is 0 Å². The Bertz CT molecular complexity index is 301. The van der Waals surface area contributed by atoms with E-state index in [1.54, 1.807) is 0 Å². The Hall–Kier alpha value is -0.660. The van der Waals surface area contributed by atoms with Crippen molar-refractivity contribution in [1.82, 2.24) is 4.72 Å². The quantitative estimate of drug-likeness (QED) is 0.576. The van der Waals surface area contributed by atoms with E-state index in [1.165, 1.54) is 7.11 Å². The highest BCUT2D eigenvalue weighted by molar-refractivity contribution is 7.89. The summed E-state index contributed by atoms with van der Waals surface area (Å²) in [5.74, 6) is -0.533. The average Bonchev–Trinajstić information content (AvgIpc) is 2.24. The molecule has 1 atom stereocenters. The molecule has 0 aromatic rings. The van der Waals surface area contributed by atoms with Crippen molar-refractivity contribution in [3.8, 4) is 0 Å². The van der Waals surface area contributed by atoms with Crippen LogP contribution in [0, 0.1) is 0 Å². The topological polar surface area (TPSA) is 92.7 Å². The molecule has 0 heterocycles. The van der Waals surface area contributed by atoms with Crippen LogP contribution in [0.15, 0.2) is 0 Å². The van der Waals surface area contributed by atoms with Gasteiger partial charge in [-0.15, -0.1) is 0 Å². The second-order valence-electron chi connectivity index (χ2n) is 3.45.